The second-order valence-corrected chi connectivity index (χ2v) is 6.50. The van der Waals surface area contributed by atoms with E-state index in [4.69, 9.17) is 0 Å². The third-order valence-corrected chi connectivity index (χ3v) is 4.30. The molecular formula is C16H22BrNO. The van der Waals surface area contributed by atoms with Crippen LogP contribution in [0.1, 0.15) is 37.7 Å². The summed E-state index contributed by atoms with van der Waals surface area (Å²) in [5, 5.41) is 0. The highest BCUT2D eigenvalue weighted by Gasteiger charge is 2.21. The molecule has 0 aliphatic heterocycles. The molecule has 1 aliphatic rings. The smallest absolute Gasteiger partial charge is 0.137 e. The van der Waals surface area contributed by atoms with E-state index in [0.29, 0.717) is 5.78 Å². The minimum Gasteiger partial charge on any atom is -0.301 e. The quantitative estimate of drug-likeness (QED) is 0.780. The van der Waals surface area contributed by atoms with Crippen molar-refractivity contribution in [2.45, 2.75) is 38.6 Å². The van der Waals surface area contributed by atoms with E-state index < -0.39 is 0 Å². The lowest BCUT2D eigenvalue weighted by Gasteiger charge is -2.22. The van der Waals surface area contributed by atoms with Gasteiger partial charge in [0.25, 0.3) is 0 Å². The SMILES string of the molecule is CN(Cc1cccc(Br)c1)CC1CCCCCC1=O. The van der Waals surface area contributed by atoms with Crippen LogP contribution >= 0.6 is 15.9 Å². The van der Waals surface area contributed by atoms with Gasteiger partial charge in [0.1, 0.15) is 5.78 Å². The fraction of sp³-hybridized carbons (Fsp3) is 0.562. The Morgan fingerprint density at radius 3 is 2.95 bits per heavy atom. The predicted molar refractivity (Wildman–Crippen MR) is 82.1 cm³/mol. The number of halogens is 1. The Kier molecular flexibility index (Phi) is 5.59. The second kappa shape index (κ2) is 7.20. The van der Waals surface area contributed by atoms with E-state index in [1.807, 2.05) is 6.07 Å². The maximum atomic E-state index is 12.0. The van der Waals surface area contributed by atoms with Crippen molar-refractivity contribution in [1.29, 1.82) is 0 Å². The molecule has 1 atom stereocenters. The fourth-order valence-corrected chi connectivity index (χ4v) is 3.26. The van der Waals surface area contributed by atoms with Gasteiger partial charge in [-0.25, -0.2) is 0 Å². The van der Waals surface area contributed by atoms with Crippen LogP contribution in [0.4, 0.5) is 0 Å². The topological polar surface area (TPSA) is 20.3 Å². The molecule has 0 amide bonds. The average molecular weight is 324 g/mol. The second-order valence-electron chi connectivity index (χ2n) is 5.59. The third-order valence-electron chi connectivity index (χ3n) is 3.80. The molecule has 0 aromatic heterocycles. The molecule has 0 saturated heterocycles. The molecule has 1 saturated carbocycles. The fourth-order valence-electron chi connectivity index (χ4n) is 2.81. The Hall–Kier alpha value is -0.670. The molecule has 1 aromatic carbocycles. The normalized spacial score (nSPS) is 20.6. The van der Waals surface area contributed by atoms with Gasteiger partial charge in [0.2, 0.25) is 0 Å². The summed E-state index contributed by atoms with van der Waals surface area (Å²) in [6, 6.07) is 8.38. The summed E-state index contributed by atoms with van der Waals surface area (Å²) in [6.07, 6.45) is 5.38. The van der Waals surface area contributed by atoms with E-state index in [9.17, 15) is 4.79 Å². The Labute approximate surface area is 124 Å². The predicted octanol–water partition coefficient (Wildman–Crippen LogP) is 4.03. The Bertz CT molecular complexity index is 433. The first kappa shape index (κ1) is 14.7. The average Bonchev–Trinajstić information content (AvgIpc) is 2.55. The van der Waals surface area contributed by atoms with Gasteiger partial charge in [-0.2, -0.15) is 0 Å². The minimum atomic E-state index is 0.250. The summed E-state index contributed by atoms with van der Waals surface area (Å²) in [4.78, 5) is 14.3. The van der Waals surface area contributed by atoms with Gasteiger partial charge in [-0.1, -0.05) is 40.9 Å². The molecule has 0 bridgehead atoms. The Balaban J connectivity index is 1.89. The lowest BCUT2D eigenvalue weighted by atomic mass is 9.98. The first-order chi connectivity index (χ1) is 9.15. The van der Waals surface area contributed by atoms with Crippen LogP contribution in [0.25, 0.3) is 0 Å². The first-order valence-corrected chi connectivity index (χ1v) is 7.90. The number of Topliss-reactive ketones (excluding diaryl/α,β-unsaturated/α-hetero) is 1. The monoisotopic (exact) mass is 323 g/mol. The van der Waals surface area contributed by atoms with Crippen LogP contribution in [-0.2, 0) is 11.3 Å². The van der Waals surface area contributed by atoms with Gasteiger partial charge < -0.3 is 4.90 Å². The first-order valence-electron chi connectivity index (χ1n) is 7.11. The van der Waals surface area contributed by atoms with Crippen LogP contribution < -0.4 is 0 Å². The highest BCUT2D eigenvalue weighted by molar-refractivity contribution is 9.10. The Morgan fingerprint density at radius 1 is 1.32 bits per heavy atom. The van der Waals surface area contributed by atoms with Crippen molar-refractivity contribution in [1.82, 2.24) is 4.90 Å². The van der Waals surface area contributed by atoms with Crippen molar-refractivity contribution in [3.05, 3.63) is 34.3 Å². The van der Waals surface area contributed by atoms with Crippen LogP contribution in [0.2, 0.25) is 0 Å². The zero-order valence-electron chi connectivity index (χ0n) is 11.6. The van der Waals surface area contributed by atoms with Crippen molar-refractivity contribution in [3.63, 3.8) is 0 Å². The summed E-state index contributed by atoms with van der Waals surface area (Å²) < 4.78 is 1.11. The molecule has 3 heteroatoms. The van der Waals surface area contributed by atoms with Gasteiger partial charge in [0.05, 0.1) is 0 Å². The summed E-state index contributed by atoms with van der Waals surface area (Å²) in [5.41, 5.74) is 1.29. The molecule has 0 N–H and O–H groups in total. The number of rotatable bonds is 4. The highest BCUT2D eigenvalue weighted by Crippen LogP contribution is 2.21. The molecule has 0 heterocycles. The number of ketones is 1. The van der Waals surface area contributed by atoms with E-state index in [-0.39, 0.29) is 5.92 Å². The van der Waals surface area contributed by atoms with Gasteiger partial charge in [-0.15, -0.1) is 0 Å². The summed E-state index contributed by atoms with van der Waals surface area (Å²) in [5.74, 6) is 0.721. The van der Waals surface area contributed by atoms with Crippen molar-refractivity contribution in [2.75, 3.05) is 13.6 Å². The molecule has 19 heavy (non-hydrogen) atoms. The van der Waals surface area contributed by atoms with Crippen LogP contribution in [-0.4, -0.2) is 24.3 Å². The molecule has 1 aromatic rings. The highest BCUT2D eigenvalue weighted by atomic mass is 79.9. The van der Waals surface area contributed by atoms with E-state index in [1.165, 1.54) is 18.4 Å². The molecule has 1 unspecified atom stereocenters. The lowest BCUT2D eigenvalue weighted by Crippen LogP contribution is -2.29. The summed E-state index contributed by atoms with van der Waals surface area (Å²) >= 11 is 3.50. The van der Waals surface area contributed by atoms with Gasteiger partial charge in [-0.3, -0.25) is 4.79 Å². The zero-order valence-corrected chi connectivity index (χ0v) is 13.2. The minimum absolute atomic E-state index is 0.250. The van der Waals surface area contributed by atoms with Gasteiger partial charge in [0.15, 0.2) is 0 Å². The molecule has 0 radical (unpaired) electrons. The van der Waals surface area contributed by atoms with Crippen molar-refractivity contribution >= 4 is 21.7 Å². The molecule has 2 rings (SSSR count). The number of benzene rings is 1. The standard InChI is InChI=1S/C16H22BrNO/c1-18(11-13-6-5-8-15(17)10-13)12-14-7-3-2-4-9-16(14)19/h5-6,8,10,14H,2-4,7,9,11-12H2,1H3. The van der Waals surface area contributed by atoms with E-state index in [2.05, 4.69) is 46.1 Å². The van der Waals surface area contributed by atoms with E-state index in [1.54, 1.807) is 0 Å². The van der Waals surface area contributed by atoms with Crippen molar-refractivity contribution in [3.8, 4) is 0 Å². The Morgan fingerprint density at radius 2 is 2.16 bits per heavy atom. The van der Waals surface area contributed by atoms with Crippen molar-refractivity contribution < 1.29 is 4.79 Å². The molecule has 1 aliphatic carbocycles. The number of hydrogen-bond donors (Lipinski definition) is 0. The largest absolute Gasteiger partial charge is 0.301 e. The maximum Gasteiger partial charge on any atom is 0.137 e. The number of nitrogens with zero attached hydrogens (tertiary/aromatic N) is 1. The van der Waals surface area contributed by atoms with E-state index in [0.717, 1.165) is 36.8 Å². The van der Waals surface area contributed by atoms with Crippen LogP contribution in [0.15, 0.2) is 28.7 Å². The number of carbonyl (C=O) groups excluding carboxylic acids is 1. The van der Waals surface area contributed by atoms with Crippen molar-refractivity contribution in [2.24, 2.45) is 5.92 Å². The summed E-state index contributed by atoms with van der Waals surface area (Å²) in [6.45, 7) is 1.80. The number of hydrogen-bond acceptors (Lipinski definition) is 2. The molecule has 104 valence electrons. The van der Waals surface area contributed by atoms with Crippen LogP contribution in [0.3, 0.4) is 0 Å². The molecule has 2 nitrogen and oxygen atoms in total. The van der Waals surface area contributed by atoms with E-state index >= 15 is 0 Å². The molecule has 0 spiro atoms. The number of carbonyl (C=O) groups is 1. The zero-order chi connectivity index (χ0) is 13.7. The summed E-state index contributed by atoms with van der Waals surface area (Å²) in [7, 11) is 2.11. The van der Waals surface area contributed by atoms with Crippen LogP contribution in [0, 0.1) is 5.92 Å². The molecule has 1 fully saturated rings. The van der Waals surface area contributed by atoms with Crippen LogP contribution in [0.5, 0.6) is 0 Å². The van der Waals surface area contributed by atoms with Gasteiger partial charge in [0, 0.05) is 29.9 Å². The van der Waals surface area contributed by atoms with Gasteiger partial charge in [-0.05, 0) is 37.6 Å². The lowest BCUT2D eigenvalue weighted by molar-refractivity contribution is -0.123. The third kappa shape index (κ3) is 4.73. The maximum absolute atomic E-state index is 12.0. The molecular weight excluding hydrogens is 302 g/mol. The van der Waals surface area contributed by atoms with Gasteiger partial charge >= 0.3 is 0 Å².